The molecule has 2 unspecified atom stereocenters. The van der Waals surface area contributed by atoms with Crippen LogP contribution in [-0.2, 0) is 9.59 Å². The van der Waals surface area contributed by atoms with Crippen LogP contribution in [0.1, 0.15) is 31.0 Å². The van der Waals surface area contributed by atoms with Crippen LogP contribution in [-0.4, -0.2) is 46.1 Å². The molecule has 2 aromatic carbocycles. The van der Waals surface area contributed by atoms with Crippen LogP contribution in [0.15, 0.2) is 60.2 Å². The van der Waals surface area contributed by atoms with Gasteiger partial charge in [-0.3, -0.25) is 9.59 Å². The molecule has 2 atom stereocenters. The summed E-state index contributed by atoms with van der Waals surface area (Å²) >= 11 is 0. The van der Waals surface area contributed by atoms with Crippen molar-refractivity contribution < 1.29 is 24.5 Å². The highest BCUT2D eigenvalue weighted by Gasteiger charge is 2.46. The summed E-state index contributed by atoms with van der Waals surface area (Å²) in [7, 11) is 0. The van der Waals surface area contributed by atoms with Crippen LogP contribution in [0.5, 0.6) is 5.75 Å². The van der Waals surface area contributed by atoms with E-state index < -0.39 is 23.8 Å². The van der Waals surface area contributed by atoms with Crippen molar-refractivity contribution in [2.45, 2.75) is 26.0 Å². The Hall–Kier alpha value is -3.12. The minimum Gasteiger partial charge on any atom is -0.507 e. The highest BCUT2D eigenvalue weighted by Crippen LogP contribution is 2.39. The number of hydrogen-bond acceptors (Lipinski definition) is 5. The molecule has 1 heterocycles. The molecule has 6 heteroatoms. The molecule has 2 aromatic rings. The van der Waals surface area contributed by atoms with Crippen LogP contribution in [0.3, 0.4) is 0 Å². The summed E-state index contributed by atoms with van der Waals surface area (Å²) in [4.78, 5) is 26.7. The number of β-amino-alcohol motifs (C(OH)–C–C–N with tert-alkyl or cyclic N) is 1. The predicted octanol–water partition coefficient (Wildman–Crippen LogP) is 2.89. The number of hydrogen-bond donors (Lipinski definition) is 2. The average Bonchev–Trinajstić information content (AvgIpc) is 2.93. The first-order valence-electron chi connectivity index (χ1n) is 9.18. The quantitative estimate of drug-likeness (QED) is 0.456. The van der Waals surface area contributed by atoms with E-state index in [0.29, 0.717) is 23.5 Å². The topological polar surface area (TPSA) is 87.1 Å². The fourth-order valence-electron chi connectivity index (χ4n) is 3.36. The standard InChI is InChI=1S/C22H23NO5/c1-3-28-17-11-9-15(10-12-17)19-18(20(25)16-7-5-4-6-8-16)21(26)22(27)23(19)13-14(2)24/h4-12,14,19,24-25H,3,13H2,1-2H3/b20-18+. The van der Waals surface area contributed by atoms with Gasteiger partial charge in [0.1, 0.15) is 11.5 Å². The molecule has 0 bridgehead atoms. The lowest BCUT2D eigenvalue weighted by atomic mass is 9.95. The van der Waals surface area contributed by atoms with Crippen molar-refractivity contribution in [3.05, 3.63) is 71.3 Å². The molecule has 0 radical (unpaired) electrons. The normalized spacial score (nSPS) is 19.7. The first-order valence-corrected chi connectivity index (χ1v) is 9.18. The van der Waals surface area contributed by atoms with Crippen molar-refractivity contribution >= 4 is 17.4 Å². The number of rotatable bonds is 6. The van der Waals surface area contributed by atoms with Gasteiger partial charge in [0.15, 0.2) is 0 Å². The maximum absolute atomic E-state index is 12.7. The molecule has 1 aliphatic rings. The number of Topliss-reactive ketones (excluding diaryl/α,β-unsaturated/α-hetero) is 1. The third kappa shape index (κ3) is 3.77. The summed E-state index contributed by atoms with van der Waals surface area (Å²) in [6.45, 7) is 3.93. The van der Waals surface area contributed by atoms with E-state index in [2.05, 4.69) is 0 Å². The highest BCUT2D eigenvalue weighted by atomic mass is 16.5. The molecule has 0 aliphatic carbocycles. The first-order chi connectivity index (χ1) is 13.4. The maximum atomic E-state index is 12.7. The van der Waals surface area contributed by atoms with Crippen LogP contribution in [0.25, 0.3) is 5.76 Å². The lowest BCUT2D eigenvalue weighted by Crippen LogP contribution is -2.35. The summed E-state index contributed by atoms with van der Waals surface area (Å²) in [5.41, 5.74) is 1.12. The Balaban J connectivity index is 2.12. The maximum Gasteiger partial charge on any atom is 0.295 e. The molecule has 6 nitrogen and oxygen atoms in total. The van der Waals surface area contributed by atoms with E-state index in [0.717, 1.165) is 0 Å². The number of aliphatic hydroxyl groups is 2. The van der Waals surface area contributed by atoms with E-state index in [9.17, 15) is 19.8 Å². The van der Waals surface area contributed by atoms with Gasteiger partial charge in [0, 0.05) is 12.1 Å². The minimum absolute atomic E-state index is 0.0148. The molecular formula is C22H23NO5. The Morgan fingerprint density at radius 3 is 2.32 bits per heavy atom. The zero-order valence-electron chi connectivity index (χ0n) is 15.8. The number of benzene rings is 2. The fraction of sp³-hybridized carbons (Fsp3) is 0.273. The zero-order chi connectivity index (χ0) is 20.3. The molecule has 0 aromatic heterocycles. The number of carbonyl (C=O) groups excluding carboxylic acids is 2. The summed E-state index contributed by atoms with van der Waals surface area (Å²) in [6.07, 6.45) is -0.819. The zero-order valence-corrected chi connectivity index (χ0v) is 15.8. The smallest absolute Gasteiger partial charge is 0.295 e. The Morgan fingerprint density at radius 2 is 1.75 bits per heavy atom. The Labute approximate surface area is 163 Å². The van der Waals surface area contributed by atoms with Gasteiger partial charge < -0.3 is 19.8 Å². The van der Waals surface area contributed by atoms with E-state index >= 15 is 0 Å². The third-order valence-corrected chi connectivity index (χ3v) is 4.55. The Bertz CT molecular complexity index is 887. The summed E-state index contributed by atoms with van der Waals surface area (Å²) < 4.78 is 5.45. The summed E-state index contributed by atoms with van der Waals surface area (Å²) in [5.74, 6) is -1.06. The minimum atomic E-state index is -0.819. The van der Waals surface area contributed by atoms with Crippen molar-refractivity contribution in [1.29, 1.82) is 0 Å². The van der Waals surface area contributed by atoms with E-state index in [1.807, 2.05) is 6.92 Å². The van der Waals surface area contributed by atoms with Gasteiger partial charge in [-0.1, -0.05) is 42.5 Å². The van der Waals surface area contributed by atoms with Gasteiger partial charge in [-0.2, -0.15) is 0 Å². The number of amides is 1. The summed E-state index contributed by atoms with van der Waals surface area (Å²) in [5, 5.41) is 20.7. The number of ketones is 1. The SMILES string of the molecule is CCOc1ccc(C2/C(=C(\O)c3ccccc3)C(=O)C(=O)N2CC(C)O)cc1. The van der Waals surface area contributed by atoms with Crippen LogP contribution in [0, 0.1) is 0 Å². The van der Waals surface area contributed by atoms with Crippen molar-refractivity contribution in [3.8, 4) is 5.75 Å². The number of ether oxygens (including phenoxy) is 1. The van der Waals surface area contributed by atoms with Gasteiger partial charge in [-0.15, -0.1) is 0 Å². The monoisotopic (exact) mass is 381 g/mol. The molecule has 146 valence electrons. The molecule has 2 N–H and O–H groups in total. The van der Waals surface area contributed by atoms with Gasteiger partial charge in [0.2, 0.25) is 0 Å². The van der Waals surface area contributed by atoms with E-state index in [-0.39, 0.29) is 17.9 Å². The molecular weight excluding hydrogens is 358 g/mol. The number of aliphatic hydroxyl groups excluding tert-OH is 2. The molecule has 1 amide bonds. The van der Waals surface area contributed by atoms with Crippen molar-refractivity contribution in [2.75, 3.05) is 13.2 Å². The van der Waals surface area contributed by atoms with Gasteiger partial charge in [-0.05, 0) is 31.5 Å². The molecule has 0 saturated carbocycles. The Kier molecular flexibility index (Phi) is 5.80. The van der Waals surface area contributed by atoms with Gasteiger partial charge in [0.25, 0.3) is 11.7 Å². The van der Waals surface area contributed by atoms with Crippen molar-refractivity contribution in [2.24, 2.45) is 0 Å². The van der Waals surface area contributed by atoms with Crippen molar-refractivity contribution in [1.82, 2.24) is 4.90 Å². The van der Waals surface area contributed by atoms with Crippen molar-refractivity contribution in [3.63, 3.8) is 0 Å². The average molecular weight is 381 g/mol. The Morgan fingerprint density at radius 1 is 1.11 bits per heavy atom. The highest BCUT2D eigenvalue weighted by molar-refractivity contribution is 6.46. The van der Waals surface area contributed by atoms with Crippen LogP contribution >= 0.6 is 0 Å². The van der Waals surface area contributed by atoms with Gasteiger partial charge in [0.05, 0.1) is 24.3 Å². The largest absolute Gasteiger partial charge is 0.507 e. The molecule has 3 rings (SSSR count). The lowest BCUT2D eigenvalue weighted by Gasteiger charge is -2.26. The predicted molar refractivity (Wildman–Crippen MR) is 105 cm³/mol. The van der Waals surface area contributed by atoms with Gasteiger partial charge >= 0.3 is 0 Å². The first kappa shape index (κ1) is 19.6. The van der Waals surface area contributed by atoms with E-state index in [1.54, 1.807) is 61.5 Å². The van der Waals surface area contributed by atoms with E-state index in [4.69, 9.17) is 4.74 Å². The molecule has 0 spiro atoms. The van der Waals surface area contributed by atoms with E-state index in [1.165, 1.54) is 4.90 Å². The fourth-order valence-corrected chi connectivity index (χ4v) is 3.36. The summed E-state index contributed by atoms with van der Waals surface area (Å²) in [6, 6.07) is 14.9. The molecule has 1 saturated heterocycles. The molecule has 1 aliphatic heterocycles. The van der Waals surface area contributed by atoms with Crippen LogP contribution < -0.4 is 4.74 Å². The lowest BCUT2D eigenvalue weighted by molar-refractivity contribution is -0.140. The van der Waals surface area contributed by atoms with Crippen LogP contribution in [0.4, 0.5) is 0 Å². The second-order valence-electron chi connectivity index (χ2n) is 6.67. The number of carbonyl (C=O) groups is 2. The second-order valence-corrected chi connectivity index (χ2v) is 6.67. The molecule has 1 fully saturated rings. The number of nitrogens with zero attached hydrogens (tertiary/aromatic N) is 1. The molecule has 28 heavy (non-hydrogen) atoms. The number of likely N-dealkylation sites (tertiary alicyclic amines) is 1. The third-order valence-electron chi connectivity index (χ3n) is 4.55. The van der Waals surface area contributed by atoms with Crippen LogP contribution in [0.2, 0.25) is 0 Å². The second kappa shape index (κ2) is 8.27. The van der Waals surface area contributed by atoms with Gasteiger partial charge in [-0.25, -0.2) is 0 Å².